The predicted octanol–water partition coefficient (Wildman–Crippen LogP) is 12.6. The normalized spacial score (nSPS) is 19.1. The van der Waals surface area contributed by atoms with Crippen LogP contribution < -0.4 is 37.2 Å². The van der Waals surface area contributed by atoms with Crippen molar-refractivity contribution in [1.82, 2.24) is 50.6 Å². The van der Waals surface area contributed by atoms with Gasteiger partial charge in [0.25, 0.3) is 0 Å². The Morgan fingerprint density at radius 1 is 0.611 bits per heavy atom. The third-order valence-corrected chi connectivity index (χ3v) is 17.0. The number of nitrogens with zero attached hydrogens (tertiary/aromatic N) is 9. The van der Waals surface area contributed by atoms with Gasteiger partial charge in [-0.15, -0.1) is 0 Å². The molecule has 4 aromatic heterocycles. The fourth-order valence-electron chi connectivity index (χ4n) is 12.1. The van der Waals surface area contributed by atoms with Crippen molar-refractivity contribution in [1.29, 1.82) is 0 Å². The molecule has 522 valence electrons. The Morgan fingerprint density at radius 3 is 1.52 bits per heavy atom. The molecule has 0 spiro atoms. The summed E-state index contributed by atoms with van der Waals surface area (Å²) in [5, 5.41) is 10.7. The highest BCUT2D eigenvalue weighted by Crippen LogP contribution is 2.41. The molecule has 95 heavy (non-hydrogen) atoms. The fourth-order valence-corrected chi connectivity index (χ4v) is 12.8. The lowest BCUT2D eigenvalue weighted by Gasteiger charge is -2.46. The quantitative estimate of drug-likeness (QED) is 0.0291. The maximum Gasteiger partial charge on any atom is 0.434 e. The number of anilines is 2. The number of nitrogens with one attached hydrogen (secondary N) is 5. The van der Waals surface area contributed by atoms with E-state index in [0.29, 0.717) is 55.7 Å². The summed E-state index contributed by atoms with van der Waals surface area (Å²) in [5.74, 6) is 0.0674. The predicted molar refractivity (Wildman–Crippen MR) is 362 cm³/mol. The molecule has 2 fully saturated rings. The minimum Gasteiger partial charge on any atom is -0.444 e. The van der Waals surface area contributed by atoms with Crippen LogP contribution in [0.1, 0.15) is 113 Å². The Hall–Kier alpha value is -7.21. The van der Waals surface area contributed by atoms with Crippen LogP contribution in [0, 0.1) is 0 Å². The molecule has 0 aliphatic carbocycles. The van der Waals surface area contributed by atoms with Gasteiger partial charge in [-0.1, -0.05) is 46.4 Å². The molecule has 2 aromatic carbocycles. The molecule has 4 aliphatic rings. The number of carbonyl (C=O) groups excluding carboxylic acids is 3. The first kappa shape index (κ1) is 72.1. The van der Waals surface area contributed by atoms with Crippen LogP contribution >= 0.6 is 46.4 Å². The summed E-state index contributed by atoms with van der Waals surface area (Å²) in [6.07, 6.45) is -10.4. The Kier molecular flexibility index (Phi) is 21.9. The van der Waals surface area contributed by atoms with Gasteiger partial charge in [-0.25, -0.2) is 24.4 Å². The van der Waals surface area contributed by atoms with Gasteiger partial charge in [0.1, 0.15) is 28.4 Å². The fraction of sp³-hybridized carbons (Fsp3) is 0.508. The summed E-state index contributed by atoms with van der Waals surface area (Å²) in [6.45, 7) is 19.8. The van der Waals surface area contributed by atoms with E-state index >= 15 is 0 Å². The van der Waals surface area contributed by atoms with E-state index < -0.39 is 81.0 Å². The van der Waals surface area contributed by atoms with Crippen LogP contribution in [-0.4, -0.2) is 172 Å². The van der Waals surface area contributed by atoms with Crippen molar-refractivity contribution in [3.63, 3.8) is 0 Å². The number of carbonyl (C=O) groups is 3. The number of pyridine rings is 2. The minimum absolute atomic E-state index is 0. The van der Waals surface area contributed by atoms with Gasteiger partial charge in [0.2, 0.25) is 5.96 Å². The topological polar surface area (TPSA) is 265 Å². The highest BCUT2D eigenvalue weighted by molar-refractivity contribution is 6.32. The highest BCUT2D eigenvalue weighted by Gasteiger charge is 2.42. The van der Waals surface area contributed by atoms with Crippen LogP contribution in [0.5, 0.6) is 0 Å². The van der Waals surface area contributed by atoms with Crippen LogP contribution in [0.15, 0.2) is 70.6 Å². The third-order valence-electron chi connectivity index (χ3n) is 15.9. The summed E-state index contributed by atoms with van der Waals surface area (Å²) in [4.78, 5) is 72.7. The highest BCUT2D eigenvalue weighted by atomic mass is 35.5. The van der Waals surface area contributed by atoms with Crippen molar-refractivity contribution in [3.05, 3.63) is 115 Å². The number of amides is 3. The lowest BCUT2D eigenvalue weighted by Crippen LogP contribution is -2.60. The number of benzene rings is 2. The lowest BCUT2D eigenvalue weighted by molar-refractivity contribution is -0.141. The van der Waals surface area contributed by atoms with E-state index in [1.165, 1.54) is 28.7 Å². The van der Waals surface area contributed by atoms with E-state index in [1.54, 1.807) is 79.3 Å². The van der Waals surface area contributed by atoms with Gasteiger partial charge in [-0.2, -0.15) is 26.3 Å². The second-order valence-electron chi connectivity index (χ2n) is 26.5. The number of halogens is 10. The number of rotatable bonds is 10. The SMILES string of the molecule is CC(C)(C)OC(=O)NC(=NCC1c2[nH]c3ccc(Cl)cc3c2CCN1CC1CN(C(=O)OC(C)(C)C)CCN1c1ccc(Cl)c(C(F)(F)F)n1)NC(=O)OC(C)(C)C.NC(N)=NCC1c2[nH]c3ccc(Cl)cc3c2CCN1CC1CNCCN1c1ccc(Cl)c(C(F)(F)F)n1.[HH].[HH].[HH]. The number of guanidine groups is 2. The molecule has 3 amide bonds. The average molecular weight is 1420 g/mol. The number of H-pyrrole nitrogens is 2. The van der Waals surface area contributed by atoms with Crippen molar-refractivity contribution >= 4 is 110 Å². The smallest absolute Gasteiger partial charge is 0.434 e. The number of ether oxygens (including phenoxy) is 3. The molecule has 0 radical (unpaired) electrons. The van der Waals surface area contributed by atoms with Gasteiger partial charge >= 0.3 is 30.6 Å². The summed E-state index contributed by atoms with van der Waals surface area (Å²) in [5.41, 5.74) is 12.3. The van der Waals surface area contributed by atoms with Crippen LogP contribution in [0.3, 0.4) is 0 Å². The van der Waals surface area contributed by atoms with E-state index in [0.717, 1.165) is 51.7 Å². The average Bonchev–Trinajstić information content (AvgIpc) is 1.57. The first-order valence-corrected chi connectivity index (χ1v) is 32.3. The van der Waals surface area contributed by atoms with E-state index in [1.807, 2.05) is 35.2 Å². The summed E-state index contributed by atoms with van der Waals surface area (Å²) in [6, 6.07) is 15.2. The van der Waals surface area contributed by atoms with Gasteiger partial charge in [0.15, 0.2) is 17.3 Å². The van der Waals surface area contributed by atoms with Gasteiger partial charge in [0.05, 0.1) is 47.3 Å². The zero-order chi connectivity index (χ0) is 69.3. The molecule has 8 heterocycles. The molecular weight excluding hydrogens is 1330 g/mol. The number of fused-ring (bicyclic) bond motifs is 6. The molecule has 4 unspecified atom stereocenters. The number of nitrogens with two attached hydrogens (primary N) is 2. The number of aliphatic imine (C=N–C) groups is 2. The molecule has 0 saturated carbocycles. The number of aromatic nitrogens is 4. The maximum atomic E-state index is 14.0. The molecule has 0 bridgehead atoms. The molecule has 4 aliphatic heterocycles. The lowest BCUT2D eigenvalue weighted by atomic mass is 9.96. The Bertz CT molecular complexity index is 3830. The van der Waals surface area contributed by atoms with Crippen LogP contribution in [-0.2, 0) is 39.4 Å². The zero-order valence-corrected chi connectivity index (χ0v) is 56.9. The number of hydrogen-bond acceptors (Lipinski definition) is 15. The summed E-state index contributed by atoms with van der Waals surface area (Å²) < 4.78 is 99.1. The second kappa shape index (κ2) is 28.9. The Labute approximate surface area is 570 Å². The molecule has 22 nitrogen and oxygen atoms in total. The molecule has 2 saturated heterocycles. The molecule has 10 rings (SSSR count). The van der Waals surface area contributed by atoms with Crippen LogP contribution in [0.4, 0.5) is 52.4 Å². The molecular formula is C63H84Cl4F6N16O6. The molecule has 6 aromatic rings. The van der Waals surface area contributed by atoms with Gasteiger partial charge in [-0.05, 0) is 147 Å². The molecule has 9 N–H and O–H groups in total. The van der Waals surface area contributed by atoms with Crippen LogP contribution in [0.2, 0.25) is 20.1 Å². The Morgan fingerprint density at radius 2 is 1.06 bits per heavy atom. The number of alkyl carbamates (subject to hydrolysis) is 2. The monoisotopic (exact) mass is 1410 g/mol. The number of hydrogen-bond donors (Lipinski definition) is 7. The van der Waals surface area contributed by atoms with Crippen molar-refractivity contribution in [2.75, 3.05) is 88.3 Å². The number of alkyl halides is 6. The van der Waals surface area contributed by atoms with Crippen LogP contribution in [0.25, 0.3) is 21.8 Å². The minimum atomic E-state index is -4.80. The van der Waals surface area contributed by atoms with Crippen molar-refractivity contribution in [3.8, 4) is 0 Å². The summed E-state index contributed by atoms with van der Waals surface area (Å²) >= 11 is 24.5. The third kappa shape index (κ3) is 18.5. The van der Waals surface area contributed by atoms with Gasteiger partial charge in [0, 0.05) is 113 Å². The van der Waals surface area contributed by atoms with E-state index in [9.17, 15) is 40.7 Å². The van der Waals surface area contributed by atoms with Crippen molar-refractivity contribution < 1.29 is 59.2 Å². The van der Waals surface area contributed by atoms with E-state index in [4.69, 9.17) is 72.1 Å². The van der Waals surface area contributed by atoms with Gasteiger partial charge < -0.3 is 55.7 Å². The molecule has 32 heteroatoms. The number of piperazine rings is 2. The number of aromatic amines is 2. The zero-order valence-electron chi connectivity index (χ0n) is 53.9. The second-order valence-corrected chi connectivity index (χ2v) is 28.2. The molecule has 4 atom stereocenters. The van der Waals surface area contributed by atoms with E-state index in [-0.39, 0.29) is 72.6 Å². The van der Waals surface area contributed by atoms with Crippen molar-refractivity contribution in [2.24, 2.45) is 21.5 Å². The van der Waals surface area contributed by atoms with Crippen molar-refractivity contribution in [2.45, 2.75) is 128 Å². The first-order chi connectivity index (χ1) is 44.4. The maximum absolute atomic E-state index is 14.0. The van der Waals surface area contributed by atoms with E-state index in [2.05, 4.69) is 55.7 Å². The Balaban J connectivity index is 0.000000327. The van der Waals surface area contributed by atoms with Gasteiger partial charge in [-0.3, -0.25) is 30.4 Å². The largest absolute Gasteiger partial charge is 0.444 e. The first-order valence-electron chi connectivity index (χ1n) is 30.8. The summed E-state index contributed by atoms with van der Waals surface area (Å²) in [7, 11) is 0. The standard InChI is InChI=1S/C39H51Cl2F3N8O6.C24H27Cl2F3N8.3H2/c1-36(2,3)56-33(53)48-32(49-34(54)57-37(4,5)6)45-19-28-30-24(25-18-22(40)10-12-27(25)46-30)14-15-50(28)20-23-21-51(35(55)58-38(7,8)9)16-17-52(23)29-13-11-26(41)31(47-29)39(42,43)44;25-13-1-3-18-16(9-13)15-5-7-36(19(21(15)34-18)11-33-23(30)31)12-14-10-32-6-8-37(14)20-4-2-17(26)22(35-20)24(27,28)29;;;/h10-13,18,23,28,46H,14-17,19-21H2,1-9H3,(H2,45,48,49,53,54);1-4,9,14,19,32,34H,5-8,10-12H2,(H4,30,31,33);3*1H.